The number of pyridine rings is 1. The van der Waals surface area contributed by atoms with E-state index in [1.807, 2.05) is 59.2 Å². The number of carbonyl (C=O) groups is 1. The van der Waals surface area contributed by atoms with E-state index in [0.29, 0.717) is 17.3 Å². The van der Waals surface area contributed by atoms with Crippen molar-refractivity contribution in [2.24, 2.45) is 0 Å². The van der Waals surface area contributed by atoms with Crippen LogP contribution in [0.25, 0.3) is 21.8 Å². The Kier molecular flexibility index (Phi) is 4.20. The zero-order chi connectivity index (χ0) is 19.8. The molecule has 4 nitrogen and oxygen atoms in total. The number of nitrogens with one attached hydrogen (secondary N) is 1. The molecule has 0 aliphatic heterocycles. The minimum Gasteiger partial charge on any atom is -0.354 e. The molecule has 0 spiro atoms. The number of hydrogen-bond donors (Lipinski definition) is 1. The summed E-state index contributed by atoms with van der Waals surface area (Å²) in [6, 6.07) is 25.4. The summed E-state index contributed by atoms with van der Waals surface area (Å²) >= 11 is 0. The number of fused-ring (bicyclic) bond motifs is 2. The van der Waals surface area contributed by atoms with Crippen LogP contribution in [0, 0.1) is 0 Å². The van der Waals surface area contributed by atoms with Crippen molar-refractivity contribution in [2.75, 3.05) is 6.54 Å². The lowest BCUT2D eigenvalue weighted by Crippen LogP contribution is -2.34. The van der Waals surface area contributed by atoms with Gasteiger partial charge in [-0.15, -0.1) is 0 Å². The van der Waals surface area contributed by atoms with Crippen LogP contribution in [-0.4, -0.2) is 17.0 Å². The number of nitrogens with zero attached hydrogens (tertiary/aromatic N) is 1. The van der Waals surface area contributed by atoms with E-state index in [1.165, 1.54) is 5.56 Å². The molecule has 1 fully saturated rings. The molecule has 4 heteroatoms. The molecule has 0 atom stereocenters. The van der Waals surface area contributed by atoms with E-state index in [1.54, 1.807) is 0 Å². The van der Waals surface area contributed by atoms with Crippen molar-refractivity contribution < 1.29 is 4.79 Å². The normalized spacial score (nSPS) is 14.8. The lowest BCUT2D eigenvalue weighted by molar-refractivity contribution is -0.121. The highest BCUT2D eigenvalue weighted by Gasteiger charge is 2.44. The van der Waals surface area contributed by atoms with Crippen molar-refractivity contribution in [2.45, 2.75) is 24.8 Å². The first-order valence-corrected chi connectivity index (χ1v) is 10.0. The second kappa shape index (κ2) is 6.89. The number of para-hydroxylation sites is 2. The molecule has 1 amide bonds. The van der Waals surface area contributed by atoms with Crippen LogP contribution < -0.4 is 10.7 Å². The molecular formula is C25H22N2O2. The summed E-state index contributed by atoms with van der Waals surface area (Å²) in [6.45, 7) is 0.831. The summed E-state index contributed by atoms with van der Waals surface area (Å²) in [4.78, 5) is 25.7. The van der Waals surface area contributed by atoms with Crippen LogP contribution in [0.3, 0.4) is 0 Å². The van der Waals surface area contributed by atoms with Crippen LogP contribution in [0.4, 0.5) is 0 Å². The Morgan fingerprint density at radius 1 is 0.828 bits per heavy atom. The summed E-state index contributed by atoms with van der Waals surface area (Å²) in [7, 11) is 0. The van der Waals surface area contributed by atoms with Crippen LogP contribution in [0.2, 0.25) is 0 Å². The van der Waals surface area contributed by atoms with E-state index in [9.17, 15) is 9.59 Å². The number of carbonyl (C=O) groups excluding carboxylic acids is 1. The second-order valence-electron chi connectivity index (χ2n) is 7.87. The molecule has 144 valence electrons. The van der Waals surface area contributed by atoms with Gasteiger partial charge in [0.25, 0.3) is 0 Å². The molecular weight excluding hydrogens is 360 g/mol. The van der Waals surface area contributed by atoms with Gasteiger partial charge in [0.15, 0.2) is 5.43 Å². The second-order valence-corrected chi connectivity index (χ2v) is 7.87. The van der Waals surface area contributed by atoms with Crippen LogP contribution in [0.15, 0.2) is 83.7 Å². The molecule has 1 heterocycles. The predicted molar refractivity (Wildman–Crippen MR) is 116 cm³/mol. The van der Waals surface area contributed by atoms with E-state index >= 15 is 0 Å². The minimum atomic E-state index is -0.0360. The Morgan fingerprint density at radius 2 is 1.38 bits per heavy atom. The highest BCUT2D eigenvalue weighted by Crippen LogP contribution is 2.47. The lowest BCUT2D eigenvalue weighted by Gasteiger charge is -2.18. The van der Waals surface area contributed by atoms with E-state index in [0.717, 1.165) is 23.9 Å². The van der Waals surface area contributed by atoms with Crippen LogP contribution in [0.1, 0.15) is 18.4 Å². The van der Waals surface area contributed by atoms with Gasteiger partial charge in [0, 0.05) is 22.7 Å². The third-order valence-electron chi connectivity index (χ3n) is 6.04. The van der Waals surface area contributed by atoms with Gasteiger partial charge in [-0.2, -0.15) is 0 Å². The maximum Gasteiger partial charge on any atom is 0.239 e. The first kappa shape index (κ1) is 17.7. The Morgan fingerprint density at radius 3 is 1.97 bits per heavy atom. The molecule has 0 unspecified atom stereocenters. The molecule has 1 N–H and O–H groups in total. The van der Waals surface area contributed by atoms with E-state index < -0.39 is 0 Å². The number of amides is 1. The molecule has 1 aromatic heterocycles. The van der Waals surface area contributed by atoms with Gasteiger partial charge in [-0.3, -0.25) is 9.59 Å². The minimum absolute atomic E-state index is 0.00821. The SMILES string of the molecule is O=C(Cn1c2ccccc2c(=O)c2ccccc21)NCC1(c2ccccc2)CC1. The van der Waals surface area contributed by atoms with Gasteiger partial charge in [0.1, 0.15) is 6.54 Å². The molecule has 1 aliphatic carbocycles. The molecule has 3 aromatic carbocycles. The highest BCUT2D eigenvalue weighted by atomic mass is 16.2. The fraction of sp³-hybridized carbons (Fsp3) is 0.200. The molecule has 0 radical (unpaired) electrons. The summed E-state index contributed by atoms with van der Waals surface area (Å²) in [6.07, 6.45) is 2.20. The van der Waals surface area contributed by atoms with Crippen molar-refractivity contribution in [3.8, 4) is 0 Å². The quantitative estimate of drug-likeness (QED) is 0.531. The van der Waals surface area contributed by atoms with Crippen LogP contribution in [0.5, 0.6) is 0 Å². The average Bonchev–Trinajstić information content (AvgIpc) is 3.57. The van der Waals surface area contributed by atoms with Crippen molar-refractivity contribution in [1.29, 1.82) is 0 Å². The van der Waals surface area contributed by atoms with Crippen molar-refractivity contribution in [1.82, 2.24) is 9.88 Å². The van der Waals surface area contributed by atoms with Crippen LogP contribution >= 0.6 is 0 Å². The van der Waals surface area contributed by atoms with Gasteiger partial charge in [-0.05, 0) is 42.7 Å². The number of rotatable bonds is 5. The molecule has 5 rings (SSSR count). The first-order valence-electron chi connectivity index (χ1n) is 10.0. The molecule has 4 aromatic rings. The monoisotopic (exact) mass is 382 g/mol. The van der Waals surface area contributed by atoms with Gasteiger partial charge in [0.2, 0.25) is 5.91 Å². The third-order valence-corrected chi connectivity index (χ3v) is 6.04. The van der Waals surface area contributed by atoms with Crippen molar-refractivity contribution in [3.63, 3.8) is 0 Å². The Balaban J connectivity index is 1.45. The number of aromatic nitrogens is 1. The number of benzene rings is 3. The maximum atomic E-state index is 12.9. The zero-order valence-corrected chi connectivity index (χ0v) is 16.1. The lowest BCUT2D eigenvalue weighted by atomic mass is 9.96. The largest absolute Gasteiger partial charge is 0.354 e. The van der Waals surface area contributed by atoms with Crippen LogP contribution in [-0.2, 0) is 16.8 Å². The summed E-state index contributed by atoms with van der Waals surface area (Å²) in [5, 5.41) is 4.42. The summed E-state index contributed by atoms with van der Waals surface area (Å²) in [5.41, 5.74) is 2.95. The third kappa shape index (κ3) is 3.11. The van der Waals surface area contributed by atoms with Gasteiger partial charge in [-0.25, -0.2) is 0 Å². The summed E-state index contributed by atoms with van der Waals surface area (Å²) in [5.74, 6) is -0.0360. The Labute approximate surface area is 168 Å². The smallest absolute Gasteiger partial charge is 0.239 e. The summed E-state index contributed by atoms with van der Waals surface area (Å²) < 4.78 is 1.95. The Bertz CT molecular complexity index is 1210. The fourth-order valence-corrected chi connectivity index (χ4v) is 4.22. The van der Waals surface area contributed by atoms with Gasteiger partial charge >= 0.3 is 0 Å². The molecule has 29 heavy (non-hydrogen) atoms. The average molecular weight is 382 g/mol. The molecule has 0 saturated heterocycles. The fourth-order valence-electron chi connectivity index (χ4n) is 4.22. The van der Waals surface area contributed by atoms with Gasteiger partial charge < -0.3 is 9.88 Å². The van der Waals surface area contributed by atoms with Crippen molar-refractivity contribution in [3.05, 3.63) is 94.6 Å². The van der Waals surface area contributed by atoms with E-state index in [-0.39, 0.29) is 23.3 Å². The Hall–Kier alpha value is -3.40. The van der Waals surface area contributed by atoms with Gasteiger partial charge in [0.05, 0.1) is 11.0 Å². The molecule has 1 aliphatic rings. The standard InChI is InChI=1S/C25H22N2O2/c28-23(26-17-25(14-15-25)18-8-2-1-3-9-18)16-27-21-12-6-4-10-19(21)24(29)20-11-5-7-13-22(20)27/h1-13H,14-17H2,(H,26,28). The van der Waals surface area contributed by atoms with Crippen molar-refractivity contribution >= 4 is 27.7 Å². The van der Waals surface area contributed by atoms with E-state index in [4.69, 9.17) is 0 Å². The topological polar surface area (TPSA) is 51.1 Å². The predicted octanol–water partition coefficient (Wildman–Crippen LogP) is 4.00. The number of hydrogen-bond acceptors (Lipinski definition) is 2. The van der Waals surface area contributed by atoms with Gasteiger partial charge in [-0.1, -0.05) is 54.6 Å². The molecule has 1 saturated carbocycles. The highest BCUT2D eigenvalue weighted by molar-refractivity contribution is 5.94. The zero-order valence-electron chi connectivity index (χ0n) is 16.1. The van der Waals surface area contributed by atoms with E-state index in [2.05, 4.69) is 29.6 Å². The maximum absolute atomic E-state index is 12.9. The first-order chi connectivity index (χ1) is 14.2. The molecule has 0 bridgehead atoms.